The molecule has 0 bridgehead atoms. The van der Waals surface area contributed by atoms with E-state index in [4.69, 9.17) is 5.26 Å². The van der Waals surface area contributed by atoms with Crippen molar-refractivity contribution < 1.29 is 0 Å². The van der Waals surface area contributed by atoms with E-state index in [1.54, 1.807) is 6.07 Å². The minimum absolute atomic E-state index is 0.640. The first-order valence-corrected chi connectivity index (χ1v) is 7.69. The number of hydrogen-bond donors (Lipinski definition) is 0. The summed E-state index contributed by atoms with van der Waals surface area (Å²) >= 11 is 1.98. The first kappa shape index (κ1) is 12.9. The van der Waals surface area contributed by atoms with Crippen LogP contribution in [0.2, 0.25) is 0 Å². The van der Waals surface area contributed by atoms with E-state index < -0.39 is 0 Å². The predicted molar refractivity (Wildman–Crippen MR) is 81.7 cm³/mol. The molecule has 1 aliphatic rings. The molecular formula is C15H14N4S. The van der Waals surface area contributed by atoms with Crippen LogP contribution in [0.5, 0.6) is 0 Å². The molecule has 100 valence electrons. The van der Waals surface area contributed by atoms with Crippen molar-refractivity contribution in [1.29, 1.82) is 5.26 Å². The Kier molecular flexibility index (Phi) is 3.84. The van der Waals surface area contributed by atoms with Gasteiger partial charge in [0.25, 0.3) is 0 Å². The topological polar surface area (TPSA) is 52.8 Å². The standard InChI is InChI=1S/C15H14N4S/c16-11-12-2-1-3-13(10-12)14-4-5-15(18-17-14)19-6-8-20-9-7-19/h1-5,10H,6-9H2. The van der Waals surface area contributed by atoms with Crippen molar-refractivity contribution in [3.63, 3.8) is 0 Å². The lowest BCUT2D eigenvalue weighted by Crippen LogP contribution is -2.33. The molecule has 5 heteroatoms. The minimum Gasteiger partial charge on any atom is -0.353 e. The molecule has 4 nitrogen and oxygen atoms in total. The van der Waals surface area contributed by atoms with Crippen molar-refractivity contribution in [3.05, 3.63) is 42.0 Å². The summed E-state index contributed by atoms with van der Waals surface area (Å²) in [5, 5.41) is 17.5. The molecule has 2 heterocycles. The van der Waals surface area contributed by atoms with E-state index in [1.165, 1.54) is 0 Å². The fourth-order valence-electron chi connectivity index (χ4n) is 2.19. The average Bonchev–Trinajstić information content (AvgIpc) is 2.56. The zero-order valence-electron chi connectivity index (χ0n) is 11.0. The minimum atomic E-state index is 0.640. The quantitative estimate of drug-likeness (QED) is 0.847. The molecule has 1 aliphatic heterocycles. The lowest BCUT2D eigenvalue weighted by Gasteiger charge is -2.26. The van der Waals surface area contributed by atoms with Crippen molar-refractivity contribution in [1.82, 2.24) is 10.2 Å². The van der Waals surface area contributed by atoms with E-state index in [2.05, 4.69) is 21.2 Å². The first-order chi connectivity index (χ1) is 9.86. The van der Waals surface area contributed by atoms with E-state index in [1.807, 2.05) is 42.1 Å². The van der Waals surface area contributed by atoms with Gasteiger partial charge in [0.1, 0.15) is 0 Å². The number of hydrogen-bond acceptors (Lipinski definition) is 5. The molecule has 0 spiro atoms. The molecule has 1 fully saturated rings. The zero-order valence-corrected chi connectivity index (χ0v) is 11.8. The van der Waals surface area contributed by atoms with Crippen molar-refractivity contribution in [2.45, 2.75) is 0 Å². The van der Waals surface area contributed by atoms with Crippen molar-refractivity contribution in [2.24, 2.45) is 0 Å². The monoisotopic (exact) mass is 282 g/mol. The molecule has 1 aromatic carbocycles. The Balaban J connectivity index is 1.83. The number of nitriles is 1. The highest BCUT2D eigenvalue weighted by Crippen LogP contribution is 2.21. The van der Waals surface area contributed by atoms with Gasteiger partial charge in [0, 0.05) is 30.2 Å². The van der Waals surface area contributed by atoms with Gasteiger partial charge in [-0.2, -0.15) is 17.0 Å². The van der Waals surface area contributed by atoms with Crippen LogP contribution < -0.4 is 4.90 Å². The molecule has 0 atom stereocenters. The highest BCUT2D eigenvalue weighted by molar-refractivity contribution is 7.99. The lowest BCUT2D eigenvalue weighted by atomic mass is 10.1. The molecular weight excluding hydrogens is 268 g/mol. The summed E-state index contributed by atoms with van der Waals surface area (Å²) in [6.07, 6.45) is 0. The molecule has 0 N–H and O–H groups in total. The van der Waals surface area contributed by atoms with Crippen molar-refractivity contribution >= 4 is 17.6 Å². The fraction of sp³-hybridized carbons (Fsp3) is 0.267. The first-order valence-electron chi connectivity index (χ1n) is 6.54. The summed E-state index contributed by atoms with van der Waals surface area (Å²) in [6, 6.07) is 13.6. The Hall–Kier alpha value is -2.06. The number of thioether (sulfide) groups is 1. The Morgan fingerprint density at radius 3 is 2.65 bits per heavy atom. The Morgan fingerprint density at radius 2 is 1.95 bits per heavy atom. The third-order valence-corrected chi connectivity index (χ3v) is 4.22. The number of nitrogens with zero attached hydrogens (tertiary/aromatic N) is 4. The van der Waals surface area contributed by atoms with E-state index in [0.29, 0.717) is 5.56 Å². The summed E-state index contributed by atoms with van der Waals surface area (Å²) in [4.78, 5) is 2.26. The van der Waals surface area contributed by atoms with Gasteiger partial charge in [-0.3, -0.25) is 0 Å². The lowest BCUT2D eigenvalue weighted by molar-refractivity contribution is 0.820. The summed E-state index contributed by atoms with van der Waals surface area (Å²) in [6.45, 7) is 2.06. The fourth-order valence-corrected chi connectivity index (χ4v) is 3.09. The van der Waals surface area contributed by atoms with Gasteiger partial charge in [0.05, 0.1) is 17.3 Å². The van der Waals surface area contributed by atoms with Crippen LogP contribution in [0.1, 0.15) is 5.56 Å². The number of anilines is 1. The van der Waals surface area contributed by atoms with Gasteiger partial charge in [-0.15, -0.1) is 10.2 Å². The largest absolute Gasteiger partial charge is 0.353 e. The molecule has 1 aromatic heterocycles. The van der Waals surface area contributed by atoms with Gasteiger partial charge in [-0.05, 0) is 24.3 Å². The molecule has 20 heavy (non-hydrogen) atoms. The molecule has 0 amide bonds. The number of rotatable bonds is 2. The highest BCUT2D eigenvalue weighted by atomic mass is 32.2. The van der Waals surface area contributed by atoms with Crippen molar-refractivity contribution in [2.75, 3.05) is 29.5 Å². The van der Waals surface area contributed by atoms with Crippen LogP contribution in [0.3, 0.4) is 0 Å². The van der Waals surface area contributed by atoms with Crippen LogP contribution in [0.25, 0.3) is 11.3 Å². The van der Waals surface area contributed by atoms with Gasteiger partial charge in [-0.25, -0.2) is 0 Å². The van der Waals surface area contributed by atoms with Gasteiger partial charge in [0.2, 0.25) is 0 Å². The normalized spacial score (nSPS) is 14.8. The van der Waals surface area contributed by atoms with Crippen LogP contribution in [0.15, 0.2) is 36.4 Å². The molecule has 2 aromatic rings. The van der Waals surface area contributed by atoms with E-state index >= 15 is 0 Å². The van der Waals surface area contributed by atoms with Gasteiger partial charge >= 0.3 is 0 Å². The second-order valence-electron chi connectivity index (χ2n) is 4.57. The van der Waals surface area contributed by atoms with Crippen LogP contribution in [-0.2, 0) is 0 Å². The maximum atomic E-state index is 8.93. The van der Waals surface area contributed by atoms with Crippen LogP contribution in [0.4, 0.5) is 5.82 Å². The Labute approximate surface area is 122 Å². The molecule has 1 saturated heterocycles. The SMILES string of the molecule is N#Cc1cccc(-c2ccc(N3CCSCC3)nn2)c1. The summed E-state index contributed by atoms with van der Waals surface area (Å²) in [5.74, 6) is 3.23. The summed E-state index contributed by atoms with van der Waals surface area (Å²) in [7, 11) is 0. The predicted octanol–water partition coefficient (Wildman–Crippen LogP) is 2.57. The van der Waals surface area contributed by atoms with Crippen LogP contribution in [-0.4, -0.2) is 34.8 Å². The average molecular weight is 282 g/mol. The van der Waals surface area contributed by atoms with Crippen LogP contribution >= 0.6 is 11.8 Å². The summed E-state index contributed by atoms with van der Waals surface area (Å²) < 4.78 is 0. The maximum Gasteiger partial charge on any atom is 0.151 e. The molecule has 0 aliphatic carbocycles. The Bertz CT molecular complexity index is 627. The smallest absolute Gasteiger partial charge is 0.151 e. The van der Waals surface area contributed by atoms with E-state index in [9.17, 15) is 0 Å². The van der Waals surface area contributed by atoms with Gasteiger partial charge < -0.3 is 4.90 Å². The molecule has 0 unspecified atom stereocenters. The van der Waals surface area contributed by atoms with Crippen molar-refractivity contribution in [3.8, 4) is 17.3 Å². The number of aromatic nitrogens is 2. The zero-order chi connectivity index (χ0) is 13.8. The second kappa shape index (κ2) is 5.93. The summed E-state index contributed by atoms with van der Waals surface area (Å²) in [5.41, 5.74) is 2.37. The molecule has 0 saturated carbocycles. The van der Waals surface area contributed by atoms with E-state index in [-0.39, 0.29) is 0 Å². The third kappa shape index (κ3) is 2.75. The maximum absolute atomic E-state index is 8.93. The van der Waals surface area contributed by atoms with Crippen LogP contribution in [0, 0.1) is 11.3 Å². The highest BCUT2D eigenvalue weighted by Gasteiger charge is 2.12. The second-order valence-corrected chi connectivity index (χ2v) is 5.79. The van der Waals surface area contributed by atoms with Gasteiger partial charge in [0.15, 0.2) is 5.82 Å². The Morgan fingerprint density at radius 1 is 1.10 bits per heavy atom. The van der Waals surface area contributed by atoms with E-state index in [0.717, 1.165) is 41.7 Å². The molecule has 0 radical (unpaired) electrons. The number of benzene rings is 1. The third-order valence-electron chi connectivity index (χ3n) is 3.27. The van der Waals surface area contributed by atoms with Gasteiger partial charge in [-0.1, -0.05) is 12.1 Å². The molecule has 3 rings (SSSR count).